The van der Waals surface area contributed by atoms with Crippen molar-refractivity contribution in [3.05, 3.63) is 57.6 Å². The zero-order valence-corrected chi connectivity index (χ0v) is 20.2. The molecule has 0 saturated carbocycles. The number of aryl methyl sites for hydroxylation is 1. The molecular weight excluding hydrogens is 463 g/mol. The van der Waals surface area contributed by atoms with Gasteiger partial charge in [0.25, 0.3) is 5.91 Å². The van der Waals surface area contributed by atoms with Crippen LogP contribution in [0.5, 0.6) is 0 Å². The molecule has 7 nitrogen and oxygen atoms in total. The van der Waals surface area contributed by atoms with Crippen LogP contribution in [0.4, 0.5) is 11.4 Å². The number of nitrogens with one attached hydrogen (secondary N) is 1. The van der Waals surface area contributed by atoms with Crippen molar-refractivity contribution < 1.29 is 14.4 Å². The van der Waals surface area contributed by atoms with Crippen molar-refractivity contribution in [1.29, 1.82) is 0 Å². The summed E-state index contributed by atoms with van der Waals surface area (Å²) in [5.74, 6) is -0.429. The molecule has 3 rings (SSSR count). The van der Waals surface area contributed by atoms with E-state index in [9.17, 15) is 14.4 Å². The van der Waals surface area contributed by atoms with Gasteiger partial charge in [0.2, 0.25) is 5.91 Å². The molecule has 33 heavy (non-hydrogen) atoms. The number of Topliss-reactive ketones (excluding diaryl/α,β-unsaturated/α-hetero) is 1. The molecule has 0 aliphatic carbocycles. The molecule has 2 amide bonds. The molecule has 1 saturated heterocycles. The summed E-state index contributed by atoms with van der Waals surface area (Å²) >= 11 is 12.0. The van der Waals surface area contributed by atoms with Crippen LogP contribution in [-0.2, 0) is 16.0 Å². The van der Waals surface area contributed by atoms with Gasteiger partial charge in [-0.1, -0.05) is 29.3 Å². The number of hydrogen-bond acceptors (Lipinski definition) is 5. The third-order valence-corrected chi connectivity index (χ3v) is 6.59. The molecule has 2 aromatic carbocycles. The number of rotatable bonds is 7. The Labute approximate surface area is 203 Å². The molecule has 2 aromatic rings. The fourth-order valence-corrected chi connectivity index (χ4v) is 4.07. The SMILES string of the molecule is CC(=O)N1CCN(c2ccc(N)c(C(=O)NC(C)C(=O)CCc3ccc(Cl)c(Cl)c3)c2)CC1. The molecule has 1 heterocycles. The van der Waals surface area contributed by atoms with E-state index in [-0.39, 0.29) is 18.1 Å². The van der Waals surface area contributed by atoms with Crippen molar-refractivity contribution in [1.82, 2.24) is 10.2 Å². The Kier molecular flexibility index (Phi) is 8.21. The minimum absolute atomic E-state index is 0.0600. The van der Waals surface area contributed by atoms with E-state index >= 15 is 0 Å². The van der Waals surface area contributed by atoms with Gasteiger partial charge in [-0.3, -0.25) is 14.4 Å². The molecule has 0 spiro atoms. The van der Waals surface area contributed by atoms with Crippen LogP contribution >= 0.6 is 23.2 Å². The summed E-state index contributed by atoms with van der Waals surface area (Å²) < 4.78 is 0. The maximum absolute atomic E-state index is 12.9. The topological polar surface area (TPSA) is 95.7 Å². The Hall–Kier alpha value is -2.77. The molecular formula is C24H28Cl2N4O3. The molecule has 0 radical (unpaired) electrons. The number of nitrogens with two attached hydrogens (primary N) is 1. The molecule has 1 aliphatic rings. The Bertz CT molecular complexity index is 1050. The molecule has 1 fully saturated rings. The van der Waals surface area contributed by atoms with Gasteiger partial charge in [-0.05, 0) is 49.2 Å². The monoisotopic (exact) mass is 490 g/mol. The summed E-state index contributed by atoms with van der Waals surface area (Å²) in [6, 6.07) is 9.89. The van der Waals surface area contributed by atoms with Crippen molar-refractivity contribution in [2.45, 2.75) is 32.7 Å². The average Bonchev–Trinajstić information content (AvgIpc) is 2.79. The van der Waals surface area contributed by atoms with Crippen LogP contribution in [0.1, 0.15) is 36.2 Å². The largest absolute Gasteiger partial charge is 0.398 e. The van der Waals surface area contributed by atoms with E-state index in [0.717, 1.165) is 11.3 Å². The van der Waals surface area contributed by atoms with Gasteiger partial charge in [-0.15, -0.1) is 0 Å². The minimum Gasteiger partial charge on any atom is -0.398 e. The van der Waals surface area contributed by atoms with Crippen LogP contribution < -0.4 is 16.0 Å². The van der Waals surface area contributed by atoms with E-state index < -0.39 is 11.9 Å². The first-order valence-electron chi connectivity index (χ1n) is 10.8. The molecule has 176 valence electrons. The summed E-state index contributed by atoms with van der Waals surface area (Å²) in [7, 11) is 0. The second-order valence-electron chi connectivity index (χ2n) is 8.17. The number of halogens is 2. The lowest BCUT2D eigenvalue weighted by Crippen LogP contribution is -2.48. The molecule has 1 atom stereocenters. The number of amides is 2. The number of carbonyl (C=O) groups is 3. The number of nitrogens with zero attached hydrogens (tertiary/aromatic N) is 2. The van der Waals surface area contributed by atoms with E-state index in [0.29, 0.717) is 53.9 Å². The summed E-state index contributed by atoms with van der Waals surface area (Å²) in [5, 5.41) is 3.67. The number of anilines is 2. The smallest absolute Gasteiger partial charge is 0.254 e. The number of benzene rings is 2. The van der Waals surface area contributed by atoms with Crippen LogP contribution in [0.3, 0.4) is 0 Å². The van der Waals surface area contributed by atoms with Gasteiger partial charge < -0.3 is 20.9 Å². The quantitative estimate of drug-likeness (QED) is 0.578. The van der Waals surface area contributed by atoms with E-state index in [1.807, 2.05) is 12.1 Å². The van der Waals surface area contributed by atoms with Gasteiger partial charge in [0.05, 0.1) is 21.7 Å². The maximum Gasteiger partial charge on any atom is 0.254 e. The highest BCUT2D eigenvalue weighted by molar-refractivity contribution is 6.42. The van der Waals surface area contributed by atoms with Crippen LogP contribution in [0, 0.1) is 0 Å². The number of piperazine rings is 1. The summed E-state index contributed by atoms with van der Waals surface area (Å²) in [4.78, 5) is 40.9. The molecule has 0 aromatic heterocycles. The first kappa shape index (κ1) is 24.9. The van der Waals surface area contributed by atoms with E-state index in [1.165, 1.54) is 0 Å². The van der Waals surface area contributed by atoms with Crippen molar-refractivity contribution in [3.8, 4) is 0 Å². The van der Waals surface area contributed by atoms with Gasteiger partial charge >= 0.3 is 0 Å². The zero-order valence-electron chi connectivity index (χ0n) is 18.7. The predicted molar refractivity (Wildman–Crippen MR) is 132 cm³/mol. The Morgan fingerprint density at radius 3 is 2.36 bits per heavy atom. The standard InChI is InChI=1S/C24H28Cl2N4O3/c1-15(23(32)8-4-17-3-6-20(25)21(26)13-17)28-24(33)19-14-18(5-7-22(19)27)30-11-9-29(10-12-30)16(2)31/h3,5-7,13-15H,4,8-12,27H2,1-2H3,(H,28,33). The van der Waals surface area contributed by atoms with Gasteiger partial charge in [0.15, 0.2) is 5.78 Å². The second kappa shape index (κ2) is 10.9. The summed E-state index contributed by atoms with van der Waals surface area (Å²) in [5.41, 5.74) is 8.48. The lowest BCUT2D eigenvalue weighted by atomic mass is 10.0. The van der Waals surface area contributed by atoms with Crippen LogP contribution in [0.2, 0.25) is 10.0 Å². The normalized spacial score (nSPS) is 14.7. The van der Waals surface area contributed by atoms with E-state index in [4.69, 9.17) is 28.9 Å². The first-order valence-corrected chi connectivity index (χ1v) is 11.6. The van der Waals surface area contributed by atoms with Gasteiger partial charge in [0.1, 0.15) is 0 Å². The lowest BCUT2D eigenvalue weighted by molar-refractivity contribution is -0.129. The Morgan fingerprint density at radius 1 is 1.03 bits per heavy atom. The molecule has 1 unspecified atom stereocenters. The lowest BCUT2D eigenvalue weighted by Gasteiger charge is -2.35. The fraction of sp³-hybridized carbons (Fsp3) is 0.375. The third kappa shape index (κ3) is 6.39. The number of carbonyl (C=O) groups excluding carboxylic acids is 3. The second-order valence-corrected chi connectivity index (χ2v) is 8.99. The van der Waals surface area contributed by atoms with Gasteiger partial charge in [0, 0.05) is 50.9 Å². The average molecular weight is 491 g/mol. The third-order valence-electron chi connectivity index (χ3n) is 5.85. The van der Waals surface area contributed by atoms with Gasteiger partial charge in [-0.2, -0.15) is 0 Å². The Balaban J connectivity index is 1.59. The fourth-order valence-electron chi connectivity index (χ4n) is 3.75. The van der Waals surface area contributed by atoms with Crippen LogP contribution in [0.25, 0.3) is 0 Å². The minimum atomic E-state index is -0.664. The molecule has 0 bridgehead atoms. The van der Waals surface area contributed by atoms with E-state index in [1.54, 1.807) is 43.0 Å². The van der Waals surface area contributed by atoms with Crippen molar-refractivity contribution in [2.75, 3.05) is 36.8 Å². The van der Waals surface area contributed by atoms with Crippen molar-refractivity contribution in [3.63, 3.8) is 0 Å². The highest BCUT2D eigenvalue weighted by atomic mass is 35.5. The van der Waals surface area contributed by atoms with Crippen molar-refractivity contribution >= 4 is 52.2 Å². The van der Waals surface area contributed by atoms with Gasteiger partial charge in [-0.25, -0.2) is 0 Å². The van der Waals surface area contributed by atoms with Crippen LogP contribution in [-0.4, -0.2) is 54.7 Å². The summed E-state index contributed by atoms with van der Waals surface area (Å²) in [6.45, 7) is 5.84. The maximum atomic E-state index is 12.9. The highest BCUT2D eigenvalue weighted by Crippen LogP contribution is 2.24. The van der Waals surface area contributed by atoms with E-state index in [2.05, 4.69) is 10.2 Å². The molecule has 3 N–H and O–H groups in total. The first-order chi connectivity index (χ1) is 15.7. The number of nitrogen functional groups attached to an aromatic ring is 1. The van der Waals surface area contributed by atoms with Crippen molar-refractivity contribution in [2.24, 2.45) is 0 Å². The molecule has 1 aliphatic heterocycles. The zero-order chi connectivity index (χ0) is 24.1. The Morgan fingerprint density at radius 2 is 1.73 bits per heavy atom. The number of hydrogen-bond donors (Lipinski definition) is 2. The highest BCUT2D eigenvalue weighted by Gasteiger charge is 2.22. The predicted octanol–water partition coefficient (Wildman–Crippen LogP) is 3.56. The molecule has 9 heteroatoms. The van der Waals surface area contributed by atoms with Crippen LogP contribution in [0.15, 0.2) is 36.4 Å². The number of ketones is 1. The summed E-state index contributed by atoms with van der Waals surface area (Å²) in [6.07, 6.45) is 0.759.